The second kappa shape index (κ2) is 16.4. The maximum Gasteiger partial charge on any atom is 0.387 e. The maximum absolute atomic E-state index is 12.5. The number of aromatic nitrogens is 3. The van der Waals surface area contributed by atoms with E-state index in [1.54, 1.807) is 35.9 Å². The summed E-state index contributed by atoms with van der Waals surface area (Å²) in [4.78, 5) is 13.1. The summed E-state index contributed by atoms with van der Waals surface area (Å²) in [6.45, 7) is 5.01. The summed E-state index contributed by atoms with van der Waals surface area (Å²) in [5.41, 5.74) is 4.52. The van der Waals surface area contributed by atoms with Crippen LogP contribution < -0.4 is 29.6 Å². The van der Waals surface area contributed by atoms with Gasteiger partial charge < -0.3 is 29.6 Å². The first-order valence-corrected chi connectivity index (χ1v) is 15.1. The number of thiazole rings is 1. The van der Waals surface area contributed by atoms with Gasteiger partial charge >= 0.3 is 6.61 Å². The molecule has 1 saturated carbocycles. The first kappa shape index (κ1) is 31.7. The normalized spacial score (nSPS) is 12.6. The third kappa shape index (κ3) is 10.5. The molecule has 2 heterocycles. The van der Waals surface area contributed by atoms with Crippen molar-refractivity contribution in [2.24, 2.45) is 0 Å². The SMILES string of the molecule is CCOc1cc(NCc2cncs2)ccc1OC(C)C.FC(F)Oc1ccc(NCc2cncnc2)cc1OC1CCC1. The molecule has 43 heavy (non-hydrogen) atoms. The molecule has 0 aliphatic heterocycles. The van der Waals surface area contributed by atoms with Gasteiger partial charge in [0.1, 0.15) is 6.33 Å². The average molecular weight is 614 g/mol. The van der Waals surface area contributed by atoms with E-state index in [0.29, 0.717) is 18.9 Å². The highest BCUT2D eigenvalue weighted by Gasteiger charge is 2.22. The van der Waals surface area contributed by atoms with Crippen molar-refractivity contribution in [2.75, 3.05) is 17.2 Å². The number of anilines is 2. The Hall–Kier alpha value is -4.19. The van der Waals surface area contributed by atoms with Crippen LogP contribution in [0.3, 0.4) is 0 Å². The van der Waals surface area contributed by atoms with Gasteiger partial charge in [-0.05, 0) is 64.3 Å². The molecule has 230 valence electrons. The Labute approximate surface area is 254 Å². The summed E-state index contributed by atoms with van der Waals surface area (Å²) in [5, 5.41) is 6.55. The van der Waals surface area contributed by atoms with Crippen molar-refractivity contribution in [1.82, 2.24) is 15.0 Å². The summed E-state index contributed by atoms with van der Waals surface area (Å²) in [6, 6.07) is 10.8. The molecule has 2 N–H and O–H groups in total. The molecular formula is C31H37F2N5O4S. The standard InChI is InChI=1S/C16H17F2N3O2.C15H20N2O2S/c17-16(18)23-14-5-4-12(6-15(14)22-13-2-1-3-13)21-9-11-7-19-10-20-8-11;1-4-18-15-7-12(5-6-14(15)19-11(2)3)17-9-13-8-16-10-20-13/h4-8,10,13,16,21H,1-3,9H2;5-8,10-11,17H,4,9H2,1-3H3. The molecule has 12 heteroatoms. The third-order valence-corrected chi connectivity index (χ3v) is 6.95. The van der Waals surface area contributed by atoms with Crippen LogP contribution in [0.15, 0.2) is 66.8 Å². The van der Waals surface area contributed by atoms with Crippen LogP contribution >= 0.6 is 11.3 Å². The summed E-state index contributed by atoms with van der Waals surface area (Å²) >= 11 is 1.64. The third-order valence-electron chi connectivity index (χ3n) is 6.17. The predicted molar refractivity (Wildman–Crippen MR) is 164 cm³/mol. The fraction of sp³-hybridized carbons (Fsp3) is 0.387. The van der Waals surface area contributed by atoms with E-state index in [1.165, 1.54) is 17.3 Å². The number of hydrogen-bond acceptors (Lipinski definition) is 10. The molecule has 1 aliphatic carbocycles. The Morgan fingerprint density at radius 2 is 1.53 bits per heavy atom. The van der Waals surface area contributed by atoms with Crippen LogP contribution in [0.25, 0.3) is 0 Å². The van der Waals surface area contributed by atoms with Gasteiger partial charge in [-0.1, -0.05) is 0 Å². The lowest BCUT2D eigenvalue weighted by Gasteiger charge is -2.27. The largest absolute Gasteiger partial charge is 0.490 e. The first-order valence-electron chi connectivity index (χ1n) is 14.2. The van der Waals surface area contributed by atoms with Crippen LogP contribution in [0.5, 0.6) is 23.0 Å². The van der Waals surface area contributed by atoms with E-state index in [4.69, 9.17) is 14.2 Å². The van der Waals surface area contributed by atoms with Gasteiger partial charge in [0.15, 0.2) is 23.0 Å². The maximum atomic E-state index is 12.5. The fourth-order valence-electron chi connectivity index (χ4n) is 3.95. The number of alkyl halides is 2. The number of rotatable bonds is 14. The average Bonchev–Trinajstić information content (AvgIpc) is 3.49. The zero-order valence-corrected chi connectivity index (χ0v) is 25.3. The second-order valence-corrected chi connectivity index (χ2v) is 10.9. The van der Waals surface area contributed by atoms with E-state index in [-0.39, 0.29) is 18.0 Å². The van der Waals surface area contributed by atoms with E-state index in [1.807, 2.05) is 50.7 Å². The van der Waals surface area contributed by atoms with Crippen LogP contribution in [0.4, 0.5) is 20.2 Å². The van der Waals surface area contributed by atoms with Crippen molar-refractivity contribution in [3.8, 4) is 23.0 Å². The molecular weight excluding hydrogens is 576 g/mol. The molecule has 0 spiro atoms. The Kier molecular flexibility index (Phi) is 12.1. The van der Waals surface area contributed by atoms with Crippen molar-refractivity contribution in [3.63, 3.8) is 0 Å². The second-order valence-electron chi connectivity index (χ2n) is 9.89. The molecule has 0 saturated heterocycles. The minimum absolute atomic E-state index is 0.0560. The number of hydrogen-bond donors (Lipinski definition) is 2. The van der Waals surface area contributed by atoms with Gasteiger partial charge in [0, 0.05) is 59.1 Å². The van der Waals surface area contributed by atoms with Crippen LogP contribution in [-0.4, -0.2) is 40.4 Å². The fourth-order valence-corrected chi connectivity index (χ4v) is 4.49. The highest BCUT2D eigenvalue weighted by Crippen LogP contribution is 2.36. The summed E-state index contributed by atoms with van der Waals surface area (Å²) in [5.74, 6) is 1.95. The summed E-state index contributed by atoms with van der Waals surface area (Å²) in [6.07, 6.45) is 9.93. The lowest BCUT2D eigenvalue weighted by atomic mass is 9.96. The van der Waals surface area contributed by atoms with E-state index in [9.17, 15) is 8.78 Å². The van der Waals surface area contributed by atoms with Gasteiger partial charge in [-0.15, -0.1) is 11.3 Å². The summed E-state index contributed by atoms with van der Waals surface area (Å²) < 4.78 is 46.7. The van der Waals surface area contributed by atoms with Crippen LogP contribution in [0, 0.1) is 0 Å². The molecule has 2 aromatic heterocycles. The van der Waals surface area contributed by atoms with Crippen LogP contribution in [0.1, 0.15) is 50.5 Å². The summed E-state index contributed by atoms with van der Waals surface area (Å²) in [7, 11) is 0. The van der Waals surface area contributed by atoms with E-state index < -0.39 is 6.61 Å². The minimum atomic E-state index is -2.88. The quantitative estimate of drug-likeness (QED) is 0.149. The molecule has 4 aromatic rings. The van der Waals surface area contributed by atoms with Crippen molar-refractivity contribution >= 4 is 22.7 Å². The molecule has 0 bridgehead atoms. The molecule has 0 unspecified atom stereocenters. The van der Waals surface area contributed by atoms with Crippen molar-refractivity contribution < 1.29 is 27.7 Å². The topological polar surface area (TPSA) is 99.7 Å². The van der Waals surface area contributed by atoms with Crippen molar-refractivity contribution in [1.29, 1.82) is 0 Å². The first-order chi connectivity index (χ1) is 20.9. The number of benzene rings is 2. The molecule has 0 amide bonds. The Bertz CT molecular complexity index is 1380. The lowest BCUT2D eigenvalue weighted by molar-refractivity contribution is -0.0526. The van der Waals surface area contributed by atoms with Gasteiger partial charge in [0.2, 0.25) is 0 Å². The Morgan fingerprint density at radius 1 is 0.860 bits per heavy atom. The number of nitrogens with one attached hydrogen (secondary N) is 2. The molecule has 0 atom stereocenters. The zero-order chi connectivity index (χ0) is 30.4. The molecule has 9 nitrogen and oxygen atoms in total. The number of ether oxygens (including phenoxy) is 4. The highest BCUT2D eigenvalue weighted by atomic mass is 32.1. The Balaban J connectivity index is 0.000000199. The smallest absolute Gasteiger partial charge is 0.387 e. The van der Waals surface area contributed by atoms with Crippen LogP contribution in [-0.2, 0) is 13.1 Å². The molecule has 1 aliphatic rings. The monoisotopic (exact) mass is 613 g/mol. The molecule has 2 aromatic carbocycles. The van der Waals surface area contributed by atoms with Gasteiger partial charge in [-0.3, -0.25) is 4.98 Å². The molecule has 0 radical (unpaired) electrons. The molecule has 5 rings (SSSR count). The number of halogens is 2. The van der Waals surface area contributed by atoms with Gasteiger partial charge in [0.05, 0.1) is 30.9 Å². The predicted octanol–water partition coefficient (Wildman–Crippen LogP) is 7.56. The minimum Gasteiger partial charge on any atom is -0.490 e. The zero-order valence-electron chi connectivity index (χ0n) is 24.5. The molecule has 1 fully saturated rings. The van der Waals surface area contributed by atoms with E-state index >= 15 is 0 Å². The van der Waals surface area contributed by atoms with Crippen molar-refractivity contribution in [3.05, 3.63) is 77.3 Å². The van der Waals surface area contributed by atoms with Crippen molar-refractivity contribution in [2.45, 2.75) is 71.9 Å². The lowest BCUT2D eigenvalue weighted by Crippen LogP contribution is -2.25. The number of nitrogens with zero attached hydrogens (tertiary/aromatic N) is 3. The Morgan fingerprint density at radius 3 is 2.12 bits per heavy atom. The van der Waals surface area contributed by atoms with Crippen LogP contribution in [0.2, 0.25) is 0 Å². The van der Waals surface area contributed by atoms with Gasteiger partial charge in [0.25, 0.3) is 0 Å². The van der Waals surface area contributed by atoms with Gasteiger partial charge in [-0.25, -0.2) is 9.97 Å². The highest BCUT2D eigenvalue weighted by molar-refractivity contribution is 7.09. The van der Waals surface area contributed by atoms with E-state index in [2.05, 4.69) is 30.3 Å². The van der Waals surface area contributed by atoms with Gasteiger partial charge in [-0.2, -0.15) is 8.78 Å². The van der Waals surface area contributed by atoms with E-state index in [0.717, 1.165) is 54.2 Å².